The highest BCUT2D eigenvalue weighted by Crippen LogP contribution is 2.13. The van der Waals surface area contributed by atoms with Gasteiger partial charge in [0, 0.05) is 18.3 Å². The molecule has 0 aliphatic carbocycles. The third-order valence-electron chi connectivity index (χ3n) is 1.76. The van der Waals surface area contributed by atoms with Crippen LogP contribution in [0.2, 0.25) is 0 Å². The first-order valence-corrected chi connectivity index (χ1v) is 3.92. The molecule has 3 nitrogen and oxygen atoms in total. The number of nitrogen functional groups attached to an aromatic ring is 1. The van der Waals surface area contributed by atoms with E-state index in [-0.39, 0.29) is 5.91 Å². The summed E-state index contributed by atoms with van der Waals surface area (Å²) in [6, 6.07) is 7.02. The molecule has 1 aromatic carbocycles. The second kappa shape index (κ2) is 3.76. The number of benzene rings is 1. The van der Waals surface area contributed by atoms with Gasteiger partial charge in [-0.25, -0.2) is 0 Å². The van der Waals surface area contributed by atoms with Crippen molar-refractivity contribution >= 4 is 17.2 Å². The van der Waals surface area contributed by atoms with Gasteiger partial charge in [-0.05, 0) is 17.7 Å². The fourth-order valence-electron chi connectivity index (χ4n) is 0.966. The first-order chi connectivity index (χ1) is 6.15. The van der Waals surface area contributed by atoms with Crippen LogP contribution in [0.4, 0.5) is 5.69 Å². The first-order valence-electron chi connectivity index (χ1n) is 3.92. The molecule has 0 saturated heterocycles. The third-order valence-corrected chi connectivity index (χ3v) is 1.76. The predicted molar refractivity (Wildman–Crippen MR) is 54.0 cm³/mol. The van der Waals surface area contributed by atoms with Crippen molar-refractivity contribution in [1.29, 1.82) is 0 Å². The zero-order valence-electron chi connectivity index (χ0n) is 7.50. The topological polar surface area (TPSA) is 55.1 Å². The average molecular weight is 176 g/mol. The molecule has 0 bridgehead atoms. The third kappa shape index (κ3) is 2.08. The van der Waals surface area contributed by atoms with E-state index < -0.39 is 0 Å². The molecule has 68 valence electrons. The lowest BCUT2D eigenvalue weighted by Crippen LogP contribution is -2.18. The maximum atomic E-state index is 11.2. The van der Waals surface area contributed by atoms with Crippen molar-refractivity contribution in [2.45, 2.75) is 0 Å². The number of rotatable bonds is 2. The standard InChI is InChI=1S/C10H12N2O/c1-7(10(13)12-2)8-3-5-9(11)6-4-8/h3-6H,1,11H2,2H3,(H,12,13). The quantitative estimate of drug-likeness (QED) is 0.522. The number of amides is 1. The van der Waals surface area contributed by atoms with Gasteiger partial charge in [0.1, 0.15) is 0 Å². The van der Waals surface area contributed by atoms with E-state index in [0.29, 0.717) is 11.3 Å². The minimum atomic E-state index is -0.176. The summed E-state index contributed by atoms with van der Waals surface area (Å²) in [5.41, 5.74) is 7.41. The number of anilines is 1. The van der Waals surface area contributed by atoms with E-state index in [1.807, 2.05) is 0 Å². The Morgan fingerprint density at radius 1 is 1.38 bits per heavy atom. The lowest BCUT2D eigenvalue weighted by Gasteiger charge is -2.03. The van der Waals surface area contributed by atoms with Gasteiger partial charge >= 0.3 is 0 Å². The highest BCUT2D eigenvalue weighted by Gasteiger charge is 2.05. The number of hydrogen-bond donors (Lipinski definition) is 2. The van der Waals surface area contributed by atoms with Crippen LogP contribution in [-0.4, -0.2) is 13.0 Å². The number of nitrogens with one attached hydrogen (secondary N) is 1. The van der Waals surface area contributed by atoms with Gasteiger partial charge in [0.25, 0.3) is 5.91 Å². The van der Waals surface area contributed by atoms with Gasteiger partial charge in [-0.2, -0.15) is 0 Å². The Hall–Kier alpha value is -1.77. The normalized spacial score (nSPS) is 9.31. The Morgan fingerprint density at radius 2 is 1.92 bits per heavy atom. The zero-order chi connectivity index (χ0) is 9.84. The van der Waals surface area contributed by atoms with Crippen molar-refractivity contribution in [3.8, 4) is 0 Å². The smallest absolute Gasteiger partial charge is 0.251 e. The van der Waals surface area contributed by atoms with E-state index >= 15 is 0 Å². The Bertz CT molecular complexity index is 327. The summed E-state index contributed by atoms with van der Waals surface area (Å²) < 4.78 is 0. The molecule has 0 spiro atoms. The van der Waals surface area contributed by atoms with Crippen LogP contribution in [0.1, 0.15) is 5.56 Å². The minimum absolute atomic E-state index is 0.176. The molecule has 0 radical (unpaired) electrons. The van der Waals surface area contributed by atoms with E-state index in [1.165, 1.54) is 0 Å². The van der Waals surface area contributed by atoms with Crippen LogP contribution in [0.3, 0.4) is 0 Å². The second-order valence-corrected chi connectivity index (χ2v) is 2.68. The van der Waals surface area contributed by atoms with Gasteiger partial charge in [-0.3, -0.25) is 4.79 Å². The second-order valence-electron chi connectivity index (χ2n) is 2.68. The molecular formula is C10H12N2O. The molecule has 0 atom stereocenters. The van der Waals surface area contributed by atoms with Crippen LogP contribution in [0.15, 0.2) is 30.8 Å². The fourth-order valence-corrected chi connectivity index (χ4v) is 0.966. The molecule has 1 amide bonds. The van der Waals surface area contributed by atoms with E-state index in [4.69, 9.17) is 5.73 Å². The van der Waals surface area contributed by atoms with Gasteiger partial charge < -0.3 is 11.1 Å². The summed E-state index contributed by atoms with van der Waals surface area (Å²) in [4.78, 5) is 11.2. The molecule has 3 heteroatoms. The van der Waals surface area contributed by atoms with Crippen LogP contribution in [-0.2, 0) is 4.79 Å². The van der Waals surface area contributed by atoms with Crippen LogP contribution >= 0.6 is 0 Å². The maximum Gasteiger partial charge on any atom is 0.251 e. The Morgan fingerprint density at radius 3 is 2.38 bits per heavy atom. The Balaban J connectivity index is 2.90. The molecule has 0 aromatic heterocycles. The van der Waals surface area contributed by atoms with Gasteiger partial charge in [0.05, 0.1) is 0 Å². The highest BCUT2D eigenvalue weighted by molar-refractivity contribution is 6.18. The van der Waals surface area contributed by atoms with Crippen LogP contribution in [0.5, 0.6) is 0 Å². The lowest BCUT2D eigenvalue weighted by molar-refractivity contribution is -0.115. The average Bonchev–Trinajstić information content (AvgIpc) is 2.17. The molecule has 3 N–H and O–H groups in total. The SMILES string of the molecule is C=C(C(=O)NC)c1ccc(N)cc1. The summed E-state index contributed by atoms with van der Waals surface area (Å²) in [7, 11) is 1.57. The van der Waals surface area contributed by atoms with Crippen molar-refractivity contribution in [1.82, 2.24) is 5.32 Å². The molecular weight excluding hydrogens is 164 g/mol. The molecule has 0 heterocycles. The summed E-state index contributed by atoms with van der Waals surface area (Å²) in [5.74, 6) is -0.176. The molecule has 0 unspecified atom stereocenters. The predicted octanol–water partition coefficient (Wildman–Crippen LogP) is 1.03. The summed E-state index contributed by atoms with van der Waals surface area (Å²) in [6.45, 7) is 3.67. The Kier molecular flexibility index (Phi) is 2.69. The van der Waals surface area contributed by atoms with Gasteiger partial charge in [-0.15, -0.1) is 0 Å². The summed E-state index contributed by atoms with van der Waals surface area (Å²) in [5, 5.41) is 2.51. The molecule has 0 fully saturated rings. The Labute approximate surface area is 77.3 Å². The lowest BCUT2D eigenvalue weighted by atomic mass is 10.1. The fraction of sp³-hybridized carbons (Fsp3) is 0.100. The van der Waals surface area contributed by atoms with Crippen molar-refractivity contribution in [2.24, 2.45) is 0 Å². The van der Waals surface area contributed by atoms with Crippen LogP contribution < -0.4 is 11.1 Å². The van der Waals surface area contributed by atoms with E-state index in [9.17, 15) is 4.79 Å². The molecule has 0 aliphatic rings. The maximum absolute atomic E-state index is 11.2. The molecule has 0 aliphatic heterocycles. The highest BCUT2D eigenvalue weighted by atomic mass is 16.1. The molecule has 0 saturated carbocycles. The van der Waals surface area contributed by atoms with Crippen molar-refractivity contribution < 1.29 is 4.79 Å². The molecule has 1 aromatic rings. The van der Waals surface area contributed by atoms with Crippen LogP contribution in [0, 0.1) is 0 Å². The van der Waals surface area contributed by atoms with Crippen molar-refractivity contribution in [3.63, 3.8) is 0 Å². The summed E-state index contributed by atoms with van der Waals surface area (Å²) in [6.07, 6.45) is 0. The summed E-state index contributed by atoms with van der Waals surface area (Å²) >= 11 is 0. The minimum Gasteiger partial charge on any atom is -0.399 e. The molecule has 13 heavy (non-hydrogen) atoms. The van der Waals surface area contributed by atoms with Gasteiger partial charge in [0.15, 0.2) is 0 Å². The van der Waals surface area contributed by atoms with E-state index in [1.54, 1.807) is 31.3 Å². The largest absolute Gasteiger partial charge is 0.399 e. The van der Waals surface area contributed by atoms with E-state index in [0.717, 1.165) is 5.56 Å². The van der Waals surface area contributed by atoms with Crippen molar-refractivity contribution in [2.75, 3.05) is 12.8 Å². The van der Waals surface area contributed by atoms with Crippen molar-refractivity contribution in [3.05, 3.63) is 36.4 Å². The van der Waals surface area contributed by atoms with Gasteiger partial charge in [-0.1, -0.05) is 18.7 Å². The zero-order valence-corrected chi connectivity index (χ0v) is 7.50. The number of likely N-dealkylation sites (N-methyl/N-ethyl adjacent to an activating group) is 1. The molecule has 1 rings (SSSR count). The van der Waals surface area contributed by atoms with Crippen LogP contribution in [0.25, 0.3) is 5.57 Å². The first kappa shape index (κ1) is 9.32. The number of nitrogens with two attached hydrogens (primary N) is 1. The number of carbonyl (C=O) groups is 1. The van der Waals surface area contributed by atoms with Gasteiger partial charge in [0.2, 0.25) is 0 Å². The van der Waals surface area contributed by atoms with E-state index in [2.05, 4.69) is 11.9 Å². The monoisotopic (exact) mass is 176 g/mol. The number of hydrogen-bond acceptors (Lipinski definition) is 2. The number of carbonyl (C=O) groups excluding carboxylic acids is 1.